The van der Waals surface area contributed by atoms with Crippen molar-refractivity contribution in [1.29, 1.82) is 0 Å². The van der Waals surface area contributed by atoms with Gasteiger partial charge in [0.15, 0.2) is 6.61 Å². The maximum absolute atomic E-state index is 11.7. The molecular formula is C15H16N2O2. The molecule has 1 aromatic carbocycles. The normalized spacial score (nSPS) is 10.0. The number of anilines is 1. The van der Waals surface area contributed by atoms with E-state index in [9.17, 15) is 4.79 Å². The highest BCUT2D eigenvalue weighted by atomic mass is 16.5. The zero-order valence-electron chi connectivity index (χ0n) is 11.0. The summed E-state index contributed by atoms with van der Waals surface area (Å²) in [6, 6.07) is 9.45. The fourth-order valence-corrected chi connectivity index (χ4v) is 1.67. The first-order valence-corrected chi connectivity index (χ1v) is 6.04. The van der Waals surface area contributed by atoms with Crippen molar-refractivity contribution in [2.75, 3.05) is 11.9 Å². The molecule has 2 aromatic rings. The second-order valence-electron chi connectivity index (χ2n) is 4.40. The molecule has 0 saturated heterocycles. The fourth-order valence-electron chi connectivity index (χ4n) is 1.67. The van der Waals surface area contributed by atoms with Crippen molar-refractivity contribution in [3.8, 4) is 5.75 Å². The van der Waals surface area contributed by atoms with Gasteiger partial charge in [0.25, 0.3) is 5.91 Å². The van der Waals surface area contributed by atoms with Crippen LogP contribution >= 0.6 is 0 Å². The van der Waals surface area contributed by atoms with E-state index in [0.717, 1.165) is 11.1 Å². The molecule has 0 aliphatic carbocycles. The molecule has 1 heterocycles. The smallest absolute Gasteiger partial charge is 0.262 e. The van der Waals surface area contributed by atoms with Crippen molar-refractivity contribution in [1.82, 2.24) is 4.98 Å². The third-order valence-corrected chi connectivity index (χ3v) is 2.52. The molecule has 0 saturated carbocycles. The molecule has 2 rings (SSSR count). The highest BCUT2D eigenvalue weighted by Gasteiger charge is 2.04. The molecule has 0 spiro atoms. The molecule has 0 aliphatic rings. The zero-order valence-corrected chi connectivity index (χ0v) is 11.0. The quantitative estimate of drug-likeness (QED) is 0.915. The third-order valence-electron chi connectivity index (χ3n) is 2.52. The summed E-state index contributed by atoms with van der Waals surface area (Å²) in [4.78, 5) is 15.7. The van der Waals surface area contributed by atoms with Crippen LogP contribution in [0.2, 0.25) is 0 Å². The molecule has 0 bridgehead atoms. The van der Waals surface area contributed by atoms with E-state index < -0.39 is 0 Å². The fraction of sp³-hybridized carbons (Fsp3) is 0.200. The van der Waals surface area contributed by atoms with Crippen molar-refractivity contribution < 1.29 is 9.53 Å². The molecule has 0 atom stereocenters. The predicted molar refractivity (Wildman–Crippen MR) is 74.3 cm³/mol. The zero-order chi connectivity index (χ0) is 13.7. The third kappa shape index (κ3) is 4.10. The number of carbonyl (C=O) groups excluding carboxylic acids is 1. The molecule has 0 radical (unpaired) electrons. The summed E-state index contributed by atoms with van der Waals surface area (Å²) in [6.45, 7) is 3.88. The van der Waals surface area contributed by atoms with E-state index in [1.807, 2.05) is 44.2 Å². The SMILES string of the molecule is Cc1cncc(NC(=O)COc2cccc(C)c2)c1. The van der Waals surface area contributed by atoms with Crippen LogP contribution in [0.4, 0.5) is 5.69 Å². The average Bonchev–Trinajstić information content (AvgIpc) is 2.36. The van der Waals surface area contributed by atoms with Gasteiger partial charge in [0.1, 0.15) is 5.75 Å². The number of amides is 1. The molecule has 1 N–H and O–H groups in total. The number of nitrogens with one attached hydrogen (secondary N) is 1. The first-order valence-electron chi connectivity index (χ1n) is 6.04. The van der Waals surface area contributed by atoms with Crippen LogP contribution in [0.15, 0.2) is 42.7 Å². The van der Waals surface area contributed by atoms with Crippen molar-refractivity contribution in [2.24, 2.45) is 0 Å². The number of nitrogens with zero attached hydrogens (tertiary/aromatic N) is 1. The maximum Gasteiger partial charge on any atom is 0.262 e. The van der Waals surface area contributed by atoms with Crippen LogP contribution in [0.25, 0.3) is 0 Å². The van der Waals surface area contributed by atoms with Gasteiger partial charge in [-0.25, -0.2) is 0 Å². The molecular weight excluding hydrogens is 240 g/mol. The van der Waals surface area contributed by atoms with Gasteiger partial charge in [-0.05, 0) is 43.2 Å². The standard InChI is InChI=1S/C15H16N2O2/c1-11-4-3-5-14(7-11)19-10-15(18)17-13-6-12(2)8-16-9-13/h3-9H,10H2,1-2H3,(H,17,18). The highest BCUT2D eigenvalue weighted by Crippen LogP contribution is 2.12. The Kier molecular flexibility index (Phi) is 4.13. The van der Waals surface area contributed by atoms with Gasteiger partial charge in [-0.15, -0.1) is 0 Å². The van der Waals surface area contributed by atoms with E-state index in [1.165, 1.54) is 0 Å². The Hall–Kier alpha value is -2.36. The van der Waals surface area contributed by atoms with Crippen LogP contribution in [-0.2, 0) is 4.79 Å². The van der Waals surface area contributed by atoms with E-state index in [1.54, 1.807) is 12.4 Å². The lowest BCUT2D eigenvalue weighted by Crippen LogP contribution is -2.20. The van der Waals surface area contributed by atoms with Crippen molar-refractivity contribution in [3.05, 3.63) is 53.9 Å². The van der Waals surface area contributed by atoms with Crippen LogP contribution in [0.5, 0.6) is 5.75 Å². The Bertz CT molecular complexity index is 582. The molecule has 98 valence electrons. The Labute approximate surface area is 112 Å². The summed E-state index contributed by atoms with van der Waals surface area (Å²) in [5, 5.41) is 2.74. The lowest BCUT2D eigenvalue weighted by molar-refractivity contribution is -0.118. The summed E-state index contributed by atoms with van der Waals surface area (Å²) < 4.78 is 5.42. The average molecular weight is 256 g/mol. The van der Waals surface area contributed by atoms with Crippen LogP contribution in [0.3, 0.4) is 0 Å². The van der Waals surface area contributed by atoms with Crippen LogP contribution < -0.4 is 10.1 Å². The minimum atomic E-state index is -0.200. The topological polar surface area (TPSA) is 51.2 Å². The van der Waals surface area contributed by atoms with Gasteiger partial charge in [-0.1, -0.05) is 12.1 Å². The summed E-state index contributed by atoms with van der Waals surface area (Å²) >= 11 is 0. The second kappa shape index (κ2) is 6.00. The van der Waals surface area contributed by atoms with Gasteiger partial charge in [0, 0.05) is 6.20 Å². The van der Waals surface area contributed by atoms with Gasteiger partial charge < -0.3 is 10.1 Å². The van der Waals surface area contributed by atoms with Gasteiger partial charge >= 0.3 is 0 Å². The molecule has 0 unspecified atom stereocenters. The molecule has 0 fully saturated rings. The number of aryl methyl sites for hydroxylation is 2. The number of hydrogen-bond donors (Lipinski definition) is 1. The Morgan fingerprint density at radius 3 is 2.79 bits per heavy atom. The van der Waals surface area contributed by atoms with Crippen molar-refractivity contribution >= 4 is 11.6 Å². The minimum Gasteiger partial charge on any atom is -0.484 e. The second-order valence-corrected chi connectivity index (χ2v) is 4.40. The summed E-state index contributed by atoms with van der Waals surface area (Å²) in [5.74, 6) is 0.492. The number of hydrogen-bond acceptors (Lipinski definition) is 3. The number of aromatic nitrogens is 1. The van der Waals surface area contributed by atoms with Crippen molar-refractivity contribution in [3.63, 3.8) is 0 Å². The number of benzene rings is 1. The van der Waals surface area contributed by atoms with Gasteiger partial charge in [-0.3, -0.25) is 9.78 Å². The Balaban J connectivity index is 1.88. The summed E-state index contributed by atoms with van der Waals surface area (Å²) in [5.41, 5.74) is 2.77. The van der Waals surface area contributed by atoms with Crippen LogP contribution in [0, 0.1) is 13.8 Å². The molecule has 4 heteroatoms. The lowest BCUT2D eigenvalue weighted by Gasteiger charge is -2.08. The predicted octanol–water partition coefficient (Wildman–Crippen LogP) is 2.72. The lowest BCUT2D eigenvalue weighted by atomic mass is 10.2. The monoisotopic (exact) mass is 256 g/mol. The maximum atomic E-state index is 11.7. The first kappa shape index (κ1) is 13.1. The number of pyridine rings is 1. The van der Waals surface area contributed by atoms with Gasteiger partial charge in [0.2, 0.25) is 0 Å². The largest absolute Gasteiger partial charge is 0.484 e. The molecule has 1 amide bonds. The molecule has 1 aromatic heterocycles. The minimum absolute atomic E-state index is 0.0165. The van der Waals surface area contributed by atoms with E-state index in [0.29, 0.717) is 11.4 Å². The highest BCUT2D eigenvalue weighted by molar-refractivity contribution is 5.91. The summed E-state index contributed by atoms with van der Waals surface area (Å²) in [7, 11) is 0. The van der Waals surface area contributed by atoms with Crippen LogP contribution in [-0.4, -0.2) is 17.5 Å². The van der Waals surface area contributed by atoms with Crippen molar-refractivity contribution in [2.45, 2.75) is 13.8 Å². The Morgan fingerprint density at radius 1 is 1.21 bits per heavy atom. The van der Waals surface area contributed by atoms with Gasteiger partial charge in [0.05, 0.1) is 11.9 Å². The number of ether oxygens (including phenoxy) is 1. The number of rotatable bonds is 4. The molecule has 0 aliphatic heterocycles. The van der Waals surface area contributed by atoms with E-state index in [2.05, 4.69) is 10.3 Å². The first-order chi connectivity index (χ1) is 9.13. The van der Waals surface area contributed by atoms with E-state index >= 15 is 0 Å². The van der Waals surface area contributed by atoms with E-state index in [-0.39, 0.29) is 12.5 Å². The molecule has 4 nitrogen and oxygen atoms in total. The van der Waals surface area contributed by atoms with E-state index in [4.69, 9.17) is 4.74 Å². The van der Waals surface area contributed by atoms with Crippen LogP contribution in [0.1, 0.15) is 11.1 Å². The Morgan fingerprint density at radius 2 is 2.05 bits per heavy atom. The van der Waals surface area contributed by atoms with Gasteiger partial charge in [-0.2, -0.15) is 0 Å². The summed E-state index contributed by atoms with van der Waals surface area (Å²) in [6.07, 6.45) is 3.34. The number of carbonyl (C=O) groups is 1. The molecule has 19 heavy (non-hydrogen) atoms.